The largest absolute Gasteiger partial charge is 0.494 e. The van der Waals surface area contributed by atoms with Crippen molar-refractivity contribution < 1.29 is 9.13 Å². The molecule has 0 amide bonds. The average molecular weight is 279 g/mol. The molecule has 0 aliphatic heterocycles. The monoisotopic (exact) mass is 279 g/mol. The second-order valence-corrected chi connectivity index (χ2v) is 6.00. The van der Waals surface area contributed by atoms with Gasteiger partial charge in [-0.2, -0.15) is 0 Å². The SMILES string of the molecule is COc1cc(C(C)NC2CCCCCC2C)ccc1F. The Morgan fingerprint density at radius 1 is 1.25 bits per heavy atom. The van der Waals surface area contributed by atoms with Gasteiger partial charge in [0, 0.05) is 12.1 Å². The number of hydrogen-bond donors (Lipinski definition) is 1. The minimum atomic E-state index is -0.300. The van der Waals surface area contributed by atoms with Crippen molar-refractivity contribution >= 4 is 0 Å². The Balaban J connectivity index is 2.05. The second kappa shape index (κ2) is 7.07. The van der Waals surface area contributed by atoms with E-state index < -0.39 is 0 Å². The van der Waals surface area contributed by atoms with E-state index in [0.29, 0.717) is 17.7 Å². The molecule has 2 nitrogen and oxygen atoms in total. The third kappa shape index (κ3) is 3.72. The molecule has 2 rings (SSSR count). The summed E-state index contributed by atoms with van der Waals surface area (Å²) < 4.78 is 18.5. The van der Waals surface area contributed by atoms with Gasteiger partial charge in [-0.1, -0.05) is 32.3 Å². The third-order valence-corrected chi connectivity index (χ3v) is 4.50. The summed E-state index contributed by atoms with van der Waals surface area (Å²) in [5.41, 5.74) is 1.08. The summed E-state index contributed by atoms with van der Waals surface area (Å²) in [5.74, 6) is 0.735. The van der Waals surface area contributed by atoms with E-state index in [1.807, 2.05) is 6.07 Å². The molecule has 3 heteroatoms. The Morgan fingerprint density at radius 3 is 2.75 bits per heavy atom. The van der Waals surface area contributed by atoms with Gasteiger partial charge in [-0.25, -0.2) is 4.39 Å². The smallest absolute Gasteiger partial charge is 0.165 e. The highest BCUT2D eigenvalue weighted by atomic mass is 19.1. The first-order valence-electron chi connectivity index (χ1n) is 7.71. The highest BCUT2D eigenvalue weighted by Crippen LogP contribution is 2.27. The van der Waals surface area contributed by atoms with Gasteiger partial charge in [0.2, 0.25) is 0 Å². The molecule has 1 N–H and O–H groups in total. The van der Waals surface area contributed by atoms with Crippen LogP contribution >= 0.6 is 0 Å². The maximum Gasteiger partial charge on any atom is 0.165 e. The van der Waals surface area contributed by atoms with Gasteiger partial charge < -0.3 is 10.1 Å². The Labute approximate surface area is 121 Å². The summed E-state index contributed by atoms with van der Waals surface area (Å²) in [7, 11) is 1.51. The molecular formula is C17H26FNO. The molecule has 0 spiro atoms. The molecule has 1 aliphatic rings. The molecule has 3 unspecified atom stereocenters. The van der Waals surface area contributed by atoms with E-state index >= 15 is 0 Å². The highest BCUT2D eigenvalue weighted by Gasteiger charge is 2.22. The highest BCUT2D eigenvalue weighted by molar-refractivity contribution is 5.32. The normalized spacial score (nSPS) is 25.0. The lowest BCUT2D eigenvalue weighted by atomic mass is 9.95. The topological polar surface area (TPSA) is 21.3 Å². The van der Waals surface area contributed by atoms with Crippen molar-refractivity contribution in [2.24, 2.45) is 5.92 Å². The van der Waals surface area contributed by atoms with Crippen LogP contribution < -0.4 is 10.1 Å². The van der Waals surface area contributed by atoms with E-state index in [0.717, 1.165) is 5.56 Å². The van der Waals surface area contributed by atoms with Gasteiger partial charge >= 0.3 is 0 Å². The van der Waals surface area contributed by atoms with Crippen molar-refractivity contribution in [1.29, 1.82) is 0 Å². The van der Waals surface area contributed by atoms with Gasteiger partial charge in [-0.3, -0.25) is 0 Å². The summed E-state index contributed by atoms with van der Waals surface area (Å²) in [4.78, 5) is 0. The van der Waals surface area contributed by atoms with Crippen LogP contribution in [0.15, 0.2) is 18.2 Å². The predicted molar refractivity (Wildman–Crippen MR) is 80.5 cm³/mol. The van der Waals surface area contributed by atoms with E-state index in [-0.39, 0.29) is 11.9 Å². The quantitative estimate of drug-likeness (QED) is 0.822. The van der Waals surface area contributed by atoms with E-state index in [2.05, 4.69) is 19.2 Å². The molecule has 0 saturated heterocycles. The molecule has 0 aromatic heterocycles. The molecule has 1 aromatic carbocycles. The molecule has 0 heterocycles. The molecule has 1 saturated carbocycles. The number of nitrogens with one attached hydrogen (secondary N) is 1. The molecule has 112 valence electrons. The fraction of sp³-hybridized carbons (Fsp3) is 0.647. The molecule has 1 aromatic rings. The van der Waals surface area contributed by atoms with Crippen LogP contribution in [0.25, 0.3) is 0 Å². The van der Waals surface area contributed by atoms with Gasteiger partial charge in [-0.05, 0) is 43.4 Å². The van der Waals surface area contributed by atoms with Crippen molar-refractivity contribution in [3.05, 3.63) is 29.6 Å². The second-order valence-electron chi connectivity index (χ2n) is 6.00. The number of ether oxygens (including phenoxy) is 1. The molecule has 20 heavy (non-hydrogen) atoms. The summed E-state index contributed by atoms with van der Waals surface area (Å²) in [6, 6.07) is 5.91. The average Bonchev–Trinajstić information content (AvgIpc) is 2.64. The minimum absolute atomic E-state index is 0.218. The maximum absolute atomic E-state index is 13.5. The van der Waals surface area contributed by atoms with Crippen molar-refractivity contribution in [2.45, 2.75) is 58.0 Å². The Morgan fingerprint density at radius 2 is 2.00 bits per heavy atom. The van der Waals surface area contributed by atoms with Crippen LogP contribution in [-0.2, 0) is 0 Å². The third-order valence-electron chi connectivity index (χ3n) is 4.50. The molecule has 1 fully saturated rings. The molecule has 0 radical (unpaired) electrons. The first-order chi connectivity index (χ1) is 9.61. The lowest BCUT2D eigenvalue weighted by molar-refractivity contribution is 0.329. The van der Waals surface area contributed by atoms with Crippen LogP contribution in [0.3, 0.4) is 0 Å². The zero-order valence-corrected chi connectivity index (χ0v) is 12.8. The van der Waals surface area contributed by atoms with Crippen LogP contribution in [-0.4, -0.2) is 13.2 Å². The van der Waals surface area contributed by atoms with Gasteiger partial charge in [0.1, 0.15) is 0 Å². The summed E-state index contributed by atoms with van der Waals surface area (Å²) in [6.45, 7) is 4.48. The lowest BCUT2D eigenvalue weighted by Gasteiger charge is -2.27. The van der Waals surface area contributed by atoms with Crippen molar-refractivity contribution in [3.8, 4) is 5.75 Å². The van der Waals surface area contributed by atoms with Crippen LogP contribution in [0.5, 0.6) is 5.75 Å². The maximum atomic E-state index is 13.5. The van der Waals surface area contributed by atoms with E-state index in [1.54, 1.807) is 6.07 Å². The Kier molecular flexibility index (Phi) is 5.41. The summed E-state index contributed by atoms with van der Waals surface area (Å²) in [5, 5.41) is 3.72. The van der Waals surface area contributed by atoms with Crippen molar-refractivity contribution in [2.75, 3.05) is 7.11 Å². The number of rotatable bonds is 4. The number of halogens is 1. The first kappa shape index (κ1) is 15.3. The summed E-state index contributed by atoms with van der Waals surface area (Å²) in [6.07, 6.45) is 6.54. The predicted octanol–water partition coefficient (Wildman–Crippen LogP) is 4.45. The zero-order valence-electron chi connectivity index (χ0n) is 12.8. The number of hydrogen-bond acceptors (Lipinski definition) is 2. The molecule has 3 atom stereocenters. The van der Waals surface area contributed by atoms with E-state index in [4.69, 9.17) is 4.74 Å². The lowest BCUT2D eigenvalue weighted by Crippen LogP contribution is -2.36. The standard InChI is InChI=1S/C17H26FNO/c1-12-7-5-4-6-8-16(12)19-13(2)14-9-10-15(18)17(11-14)20-3/h9-13,16,19H,4-8H2,1-3H3. The Bertz CT molecular complexity index is 435. The van der Waals surface area contributed by atoms with Crippen LogP contribution in [0.2, 0.25) is 0 Å². The van der Waals surface area contributed by atoms with Gasteiger partial charge in [0.05, 0.1) is 7.11 Å². The summed E-state index contributed by atoms with van der Waals surface area (Å²) >= 11 is 0. The van der Waals surface area contributed by atoms with Crippen LogP contribution in [0.4, 0.5) is 4.39 Å². The fourth-order valence-corrected chi connectivity index (χ4v) is 3.10. The number of benzene rings is 1. The molecular weight excluding hydrogens is 253 g/mol. The van der Waals surface area contributed by atoms with Crippen molar-refractivity contribution in [3.63, 3.8) is 0 Å². The van der Waals surface area contributed by atoms with E-state index in [9.17, 15) is 4.39 Å². The first-order valence-corrected chi connectivity index (χ1v) is 7.71. The van der Waals surface area contributed by atoms with Crippen LogP contribution in [0, 0.1) is 11.7 Å². The van der Waals surface area contributed by atoms with Gasteiger partial charge in [0.25, 0.3) is 0 Å². The minimum Gasteiger partial charge on any atom is -0.494 e. The number of methoxy groups -OCH3 is 1. The van der Waals surface area contributed by atoms with Crippen LogP contribution in [0.1, 0.15) is 57.6 Å². The van der Waals surface area contributed by atoms with Crippen molar-refractivity contribution in [1.82, 2.24) is 5.32 Å². The molecule has 1 aliphatic carbocycles. The van der Waals surface area contributed by atoms with Gasteiger partial charge in [-0.15, -0.1) is 0 Å². The zero-order chi connectivity index (χ0) is 14.5. The molecule has 0 bridgehead atoms. The fourth-order valence-electron chi connectivity index (χ4n) is 3.10. The van der Waals surface area contributed by atoms with Gasteiger partial charge in [0.15, 0.2) is 11.6 Å². The van der Waals surface area contributed by atoms with E-state index in [1.165, 1.54) is 45.3 Å². The Hall–Kier alpha value is -1.09.